The molecule has 0 spiro atoms. The highest BCUT2D eigenvalue weighted by Crippen LogP contribution is 2.48. The summed E-state index contributed by atoms with van der Waals surface area (Å²) in [6, 6.07) is 60.0. The Bertz CT molecular complexity index is 3760. The van der Waals surface area contributed by atoms with E-state index in [9.17, 15) is 59.1 Å². The highest BCUT2D eigenvalue weighted by atomic mass is 32.1. The van der Waals surface area contributed by atoms with Crippen LogP contribution < -0.4 is 14.7 Å². The molecule has 0 amide bonds. The van der Waals surface area contributed by atoms with E-state index in [2.05, 4.69) is 0 Å². The predicted octanol–water partition coefficient (Wildman–Crippen LogP) is 15.9. The van der Waals surface area contributed by atoms with Gasteiger partial charge >= 0.3 is 0 Å². The molecule has 12 rings (SSSR count). The molecule has 9 aromatic rings. The third-order valence-corrected chi connectivity index (χ3v) is 20.2. The highest BCUT2D eigenvalue weighted by molar-refractivity contribution is 7.81. The fraction of sp³-hybridized carbons (Fsp3) is 0.269. The van der Waals surface area contributed by atoms with Gasteiger partial charge in [-0.25, -0.2) is 13.2 Å². The lowest BCUT2D eigenvalue weighted by Gasteiger charge is -2.29. The van der Waals surface area contributed by atoms with E-state index < -0.39 is 18.3 Å². The molecule has 0 aromatic heterocycles. The number of para-hydroxylation sites is 3. The van der Waals surface area contributed by atoms with Crippen molar-refractivity contribution >= 4 is 69.1 Å². The van der Waals surface area contributed by atoms with Crippen molar-refractivity contribution < 1.29 is 59.1 Å². The number of phenolic OH excluding ortho intramolecular Hbond substituents is 6. The minimum atomic E-state index is -0.685. The average molecular weight is 1400 g/mol. The van der Waals surface area contributed by atoms with Crippen LogP contribution in [0.2, 0.25) is 0 Å². The average Bonchev–Trinajstić information content (AvgIpc) is 1.63. The summed E-state index contributed by atoms with van der Waals surface area (Å²) in [5.41, 5.74) is 6.83. The maximum absolute atomic E-state index is 13.2. The molecule has 3 fully saturated rings. The molecule has 3 saturated heterocycles. The molecule has 0 aliphatic carbocycles. The molecule has 99 heavy (non-hydrogen) atoms. The van der Waals surface area contributed by atoms with Gasteiger partial charge in [0.25, 0.3) is 0 Å². The van der Waals surface area contributed by atoms with Crippen molar-refractivity contribution in [2.24, 2.45) is 0 Å². The largest absolute Gasteiger partial charge is 0.508 e. The van der Waals surface area contributed by atoms with Gasteiger partial charge in [0.2, 0.25) is 0 Å². The number of hydrogen-bond acceptors (Lipinski definition) is 12. The van der Waals surface area contributed by atoms with Crippen molar-refractivity contribution in [2.45, 2.75) is 112 Å². The molecule has 3 aliphatic rings. The van der Waals surface area contributed by atoms with E-state index in [4.69, 9.17) is 36.7 Å². The topological polar surface area (TPSA) is 202 Å². The van der Waals surface area contributed by atoms with Crippen molar-refractivity contribution in [2.75, 3.05) is 35.8 Å². The van der Waals surface area contributed by atoms with Gasteiger partial charge in [0.05, 0.1) is 54.6 Å². The van der Waals surface area contributed by atoms with Crippen molar-refractivity contribution in [1.29, 1.82) is 0 Å². The number of hydrogen-bond donors (Lipinski definition) is 9. The normalized spacial score (nSPS) is 19.2. The number of likely N-dealkylation sites (N-methyl/N-ethyl adjacent to an activating group) is 3. The Labute approximate surface area is 591 Å². The van der Waals surface area contributed by atoms with Gasteiger partial charge in [0.1, 0.15) is 51.9 Å². The number of phenols is 6. The molecular formula is C78H81F3N6O9S3. The van der Waals surface area contributed by atoms with E-state index >= 15 is 0 Å². The standard InChI is InChI=1S/3C26H27FN2O3S/c3*1-28-22(8-5-9-23(31)17-10-12-18(27)13-11-17)25(21-15-14-20(30)16-24(21)32)29(26(28)33)19-6-3-2-4-7-19/h3*2-4,6-7,10-16,22-23,25,30-32H,5,8-9H2,1H3/t22-,23?,25-;22-,23-,25-;/m11./s1. The summed E-state index contributed by atoms with van der Waals surface area (Å²) in [5.74, 6) is -0.971. The number of thiocarbonyl (C=S) groups is 3. The number of anilines is 3. The van der Waals surface area contributed by atoms with Crippen LogP contribution in [-0.4, -0.2) is 115 Å². The quantitative estimate of drug-likeness (QED) is 0.0307. The predicted molar refractivity (Wildman–Crippen MR) is 392 cm³/mol. The molecular weight excluding hydrogens is 1320 g/mol. The Hall–Kier alpha value is -9.48. The number of halogens is 3. The molecule has 3 heterocycles. The maximum atomic E-state index is 13.2. The zero-order chi connectivity index (χ0) is 70.6. The zero-order valence-corrected chi connectivity index (χ0v) is 57.4. The first-order valence-electron chi connectivity index (χ1n) is 32.8. The van der Waals surface area contributed by atoms with Gasteiger partial charge in [-0.05, 0) is 220 Å². The van der Waals surface area contributed by atoms with E-state index in [0.717, 1.165) is 17.1 Å². The van der Waals surface area contributed by atoms with Crippen molar-refractivity contribution in [1.82, 2.24) is 14.7 Å². The lowest BCUT2D eigenvalue weighted by atomic mass is 9.92. The first kappa shape index (κ1) is 72.3. The SMILES string of the molecule is CN1C(=S)N(c2ccccc2)C(c2ccc(O)cc2O)C1CCCC(O)c1ccc(F)cc1.CN1C(=S)N(c2ccccc2)[C@H](c2ccc(O)cc2O)[C@H]1CCCC(O)c1ccc(F)cc1.CN1C(=S)N(c2ccccc2)[C@H](c2ccc(O)cc2O)[C@H]1CCC[C@@H](O)c1ccc(F)cc1. The summed E-state index contributed by atoms with van der Waals surface area (Å²) in [6.45, 7) is 0. The van der Waals surface area contributed by atoms with Gasteiger partial charge < -0.3 is 75.4 Å². The maximum Gasteiger partial charge on any atom is 0.176 e. The van der Waals surface area contributed by atoms with Gasteiger partial charge in [-0.1, -0.05) is 91.0 Å². The van der Waals surface area contributed by atoms with Crippen LogP contribution in [0.1, 0.15) is 128 Å². The fourth-order valence-electron chi connectivity index (χ4n) is 13.6. The van der Waals surface area contributed by atoms with E-state index in [0.29, 0.717) is 107 Å². The molecule has 516 valence electrons. The fourth-order valence-corrected chi connectivity index (χ4v) is 14.6. The smallest absolute Gasteiger partial charge is 0.176 e. The minimum absolute atomic E-state index is 0.00425. The second kappa shape index (κ2) is 32.9. The molecule has 0 saturated carbocycles. The Morgan fingerprint density at radius 1 is 0.333 bits per heavy atom. The summed E-state index contributed by atoms with van der Waals surface area (Å²) in [4.78, 5) is 12.2. The molecule has 0 bridgehead atoms. The zero-order valence-electron chi connectivity index (χ0n) is 54.9. The van der Waals surface area contributed by atoms with Gasteiger partial charge in [-0.2, -0.15) is 0 Å². The number of rotatable bonds is 21. The number of aliphatic hydroxyl groups is 3. The van der Waals surface area contributed by atoms with Gasteiger partial charge in [0.15, 0.2) is 15.3 Å². The molecule has 4 unspecified atom stereocenters. The van der Waals surface area contributed by atoms with Crippen LogP contribution in [0.15, 0.2) is 218 Å². The van der Waals surface area contributed by atoms with Crippen molar-refractivity contribution in [3.63, 3.8) is 0 Å². The molecule has 15 nitrogen and oxygen atoms in total. The van der Waals surface area contributed by atoms with Crippen LogP contribution in [-0.2, 0) is 0 Å². The molecule has 3 aliphatic heterocycles. The van der Waals surface area contributed by atoms with Crippen molar-refractivity contribution in [3.8, 4) is 34.5 Å². The Kier molecular flexibility index (Phi) is 24.0. The number of aliphatic hydroxyl groups excluding tert-OH is 3. The van der Waals surface area contributed by atoms with E-state index in [1.807, 2.05) is 142 Å². The summed E-state index contributed by atoms with van der Waals surface area (Å²) >= 11 is 17.4. The lowest BCUT2D eigenvalue weighted by molar-refractivity contribution is 0.159. The third kappa shape index (κ3) is 17.0. The van der Waals surface area contributed by atoms with Crippen LogP contribution in [0.4, 0.5) is 30.2 Å². The first-order chi connectivity index (χ1) is 47.6. The Morgan fingerprint density at radius 3 is 0.788 bits per heavy atom. The first-order valence-corrected chi connectivity index (χ1v) is 34.0. The highest BCUT2D eigenvalue weighted by Gasteiger charge is 2.47. The van der Waals surface area contributed by atoms with Gasteiger partial charge in [-0.3, -0.25) is 0 Å². The lowest BCUT2D eigenvalue weighted by Crippen LogP contribution is -2.30. The van der Waals surface area contributed by atoms with Crippen LogP contribution in [0.3, 0.4) is 0 Å². The molecule has 0 radical (unpaired) electrons. The van der Waals surface area contributed by atoms with Crippen LogP contribution in [0.5, 0.6) is 34.5 Å². The van der Waals surface area contributed by atoms with Gasteiger partial charge in [-0.15, -0.1) is 0 Å². The summed E-state index contributed by atoms with van der Waals surface area (Å²) in [6.07, 6.45) is 3.74. The summed E-state index contributed by atoms with van der Waals surface area (Å²) in [5, 5.41) is 95.0. The minimum Gasteiger partial charge on any atom is -0.508 e. The number of aromatic hydroxyl groups is 6. The number of benzene rings is 9. The van der Waals surface area contributed by atoms with E-state index in [1.165, 1.54) is 54.6 Å². The van der Waals surface area contributed by atoms with Crippen molar-refractivity contribution in [3.05, 3.63) is 269 Å². The molecule has 9 N–H and O–H groups in total. The van der Waals surface area contributed by atoms with E-state index in [-0.39, 0.29) is 88.2 Å². The van der Waals surface area contributed by atoms with E-state index in [1.54, 1.807) is 72.8 Å². The Balaban J connectivity index is 0.000000161. The summed E-state index contributed by atoms with van der Waals surface area (Å²) in [7, 11) is 5.82. The van der Waals surface area contributed by atoms with Gasteiger partial charge in [0, 0.05) is 73.1 Å². The second-order valence-corrected chi connectivity index (χ2v) is 26.2. The Morgan fingerprint density at radius 2 is 0.566 bits per heavy atom. The van der Waals surface area contributed by atoms with Crippen LogP contribution in [0.25, 0.3) is 0 Å². The molecule has 21 heteroatoms. The molecule has 9 aromatic carbocycles. The van der Waals surface area contributed by atoms with Crippen LogP contribution >= 0.6 is 36.7 Å². The monoisotopic (exact) mass is 1400 g/mol. The summed E-state index contributed by atoms with van der Waals surface area (Å²) < 4.78 is 39.6. The number of nitrogens with zero attached hydrogens (tertiary/aromatic N) is 6. The van der Waals surface area contributed by atoms with Crippen LogP contribution in [0, 0.1) is 17.5 Å². The molecule has 9 atom stereocenters. The third-order valence-electron chi connectivity index (χ3n) is 18.7. The second-order valence-electron chi connectivity index (χ2n) is 25.1.